The molecule has 31 heavy (non-hydrogen) atoms. The van der Waals surface area contributed by atoms with Gasteiger partial charge in [-0.2, -0.15) is 5.26 Å². The molecule has 0 unspecified atom stereocenters. The summed E-state index contributed by atoms with van der Waals surface area (Å²) in [5.74, 6) is -0.857. The van der Waals surface area contributed by atoms with Crippen molar-refractivity contribution in [1.82, 2.24) is 10.2 Å². The molecule has 0 aliphatic carbocycles. The minimum absolute atomic E-state index is 0.0623. The van der Waals surface area contributed by atoms with Gasteiger partial charge in [-0.25, -0.2) is 9.18 Å². The molecule has 1 aliphatic heterocycles. The van der Waals surface area contributed by atoms with Crippen LogP contribution in [0, 0.1) is 17.1 Å². The first-order chi connectivity index (χ1) is 14.6. The van der Waals surface area contributed by atoms with E-state index in [1.807, 2.05) is 0 Å². The highest BCUT2D eigenvalue weighted by molar-refractivity contribution is 6.33. The Morgan fingerprint density at radius 3 is 2.65 bits per heavy atom. The number of benzene rings is 2. The molecule has 1 atom stereocenters. The van der Waals surface area contributed by atoms with E-state index in [-0.39, 0.29) is 17.5 Å². The molecule has 6 nitrogen and oxygen atoms in total. The first-order valence-electron chi connectivity index (χ1n) is 9.86. The lowest BCUT2D eigenvalue weighted by Crippen LogP contribution is -2.41. The zero-order valence-electron chi connectivity index (χ0n) is 17.5. The van der Waals surface area contributed by atoms with Crippen molar-refractivity contribution in [3.63, 3.8) is 0 Å². The molecular weight excluding hydrogens is 421 g/mol. The van der Waals surface area contributed by atoms with Gasteiger partial charge in [0, 0.05) is 29.2 Å². The normalized spacial score (nSPS) is 16.0. The lowest BCUT2D eigenvalue weighted by Gasteiger charge is -2.22. The van der Waals surface area contributed by atoms with E-state index >= 15 is 0 Å². The summed E-state index contributed by atoms with van der Waals surface area (Å²) >= 11 is 6.28. The van der Waals surface area contributed by atoms with Crippen molar-refractivity contribution in [1.29, 1.82) is 5.26 Å². The summed E-state index contributed by atoms with van der Waals surface area (Å²) in [5.41, 5.74) is 0.721. The molecule has 1 fully saturated rings. The van der Waals surface area contributed by atoms with Gasteiger partial charge in [0.25, 0.3) is 5.91 Å². The molecule has 8 heteroatoms. The maximum Gasteiger partial charge on any atom is 0.407 e. The van der Waals surface area contributed by atoms with Crippen LogP contribution >= 0.6 is 11.6 Å². The van der Waals surface area contributed by atoms with Gasteiger partial charge in [0.2, 0.25) is 0 Å². The number of carbonyl (C=O) groups is 2. The number of likely N-dealkylation sites (tertiary alicyclic amines) is 1. The monoisotopic (exact) mass is 443 g/mol. The first kappa shape index (κ1) is 22.6. The molecule has 0 bridgehead atoms. The maximum absolute atomic E-state index is 14.0. The molecule has 2 amide bonds. The van der Waals surface area contributed by atoms with E-state index in [9.17, 15) is 14.0 Å². The SMILES string of the molecule is CC(C)(C)OC(=O)N[C@H]1CCN(C(=O)c2ccc(Cl)c(-c3ccc(C#N)c(F)c3)c2)C1. The smallest absolute Gasteiger partial charge is 0.407 e. The summed E-state index contributed by atoms with van der Waals surface area (Å²) < 4.78 is 19.3. The first-order valence-corrected chi connectivity index (χ1v) is 10.2. The second-order valence-corrected chi connectivity index (χ2v) is 8.79. The number of rotatable bonds is 3. The fourth-order valence-corrected chi connectivity index (χ4v) is 3.60. The Kier molecular flexibility index (Phi) is 6.51. The average Bonchev–Trinajstić information content (AvgIpc) is 3.14. The Balaban J connectivity index is 1.73. The van der Waals surface area contributed by atoms with E-state index in [2.05, 4.69) is 5.32 Å². The quantitative estimate of drug-likeness (QED) is 0.741. The van der Waals surface area contributed by atoms with Crippen molar-refractivity contribution in [2.24, 2.45) is 0 Å². The van der Waals surface area contributed by atoms with Crippen LogP contribution < -0.4 is 5.32 Å². The molecular formula is C23H23ClFN3O3. The van der Waals surface area contributed by atoms with Crippen LogP contribution in [-0.4, -0.2) is 41.6 Å². The van der Waals surface area contributed by atoms with Crippen molar-refractivity contribution in [2.75, 3.05) is 13.1 Å². The maximum atomic E-state index is 14.0. The highest BCUT2D eigenvalue weighted by Crippen LogP contribution is 2.31. The molecule has 2 aromatic rings. The number of hydrogen-bond acceptors (Lipinski definition) is 4. The zero-order chi connectivity index (χ0) is 22.8. The standard InChI is InChI=1S/C23H23ClFN3O3/c1-23(2,3)31-22(30)27-17-8-9-28(13-17)21(29)15-6-7-19(24)18(10-15)14-4-5-16(12-26)20(25)11-14/h4-7,10-11,17H,8-9,13H2,1-3H3,(H,27,30)/t17-/m0/s1. The van der Waals surface area contributed by atoms with Gasteiger partial charge in [0.05, 0.1) is 11.6 Å². The summed E-state index contributed by atoms with van der Waals surface area (Å²) in [5, 5.41) is 12.1. The second kappa shape index (κ2) is 8.94. The molecule has 1 N–H and O–H groups in total. The molecule has 162 valence electrons. The van der Waals surface area contributed by atoms with E-state index in [0.717, 1.165) is 0 Å². The van der Waals surface area contributed by atoms with Gasteiger partial charge in [-0.05, 0) is 63.1 Å². The van der Waals surface area contributed by atoms with E-state index in [4.69, 9.17) is 21.6 Å². The fraction of sp³-hybridized carbons (Fsp3) is 0.348. The molecule has 1 aliphatic rings. The summed E-state index contributed by atoms with van der Waals surface area (Å²) in [4.78, 5) is 26.6. The Morgan fingerprint density at radius 1 is 1.26 bits per heavy atom. The highest BCUT2D eigenvalue weighted by Gasteiger charge is 2.29. The third-order valence-electron chi connectivity index (χ3n) is 4.81. The molecule has 0 aromatic heterocycles. The largest absolute Gasteiger partial charge is 0.444 e. The third kappa shape index (κ3) is 5.53. The van der Waals surface area contributed by atoms with Gasteiger partial charge in [0.1, 0.15) is 17.5 Å². The van der Waals surface area contributed by atoms with Gasteiger partial charge in [-0.3, -0.25) is 4.79 Å². The van der Waals surface area contributed by atoms with Crippen LogP contribution in [0.25, 0.3) is 11.1 Å². The average molecular weight is 444 g/mol. The molecule has 3 rings (SSSR count). The highest BCUT2D eigenvalue weighted by atomic mass is 35.5. The summed E-state index contributed by atoms with van der Waals surface area (Å²) in [6.07, 6.45) is 0.107. The molecule has 1 saturated heterocycles. The van der Waals surface area contributed by atoms with Crippen molar-refractivity contribution in [2.45, 2.75) is 38.8 Å². The van der Waals surface area contributed by atoms with Crippen LogP contribution in [0.15, 0.2) is 36.4 Å². The number of nitrogens with one attached hydrogen (secondary N) is 1. The number of ether oxygens (including phenoxy) is 1. The summed E-state index contributed by atoms with van der Waals surface area (Å²) in [6, 6.07) is 10.6. The van der Waals surface area contributed by atoms with Crippen LogP contribution in [0.2, 0.25) is 5.02 Å². The van der Waals surface area contributed by atoms with E-state index < -0.39 is 17.5 Å². The van der Waals surface area contributed by atoms with Crippen molar-refractivity contribution in [3.8, 4) is 17.2 Å². The number of carbonyl (C=O) groups excluding carboxylic acids is 2. The van der Waals surface area contributed by atoms with Gasteiger partial charge in [-0.1, -0.05) is 17.7 Å². The number of nitrogens with zero attached hydrogens (tertiary/aromatic N) is 2. The van der Waals surface area contributed by atoms with Crippen molar-refractivity contribution < 1.29 is 18.7 Å². The minimum Gasteiger partial charge on any atom is -0.444 e. The van der Waals surface area contributed by atoms with Gasteiger partial charge < -0.3 is 15.0 Å². The second-order valence-electron chi connectivity index (χ2n) is 8.38. The summed E-state index contributed by atoms with van der Waals surface area (Å²) in [6.45, 7) is 6.21. The van der Waals surface area contributed by atoms with E-state index in [1.54, 1.807) is 56.0 Å². The lowest BCUT2D eigenvalue weighted by molar-refractivity contribution is 0.0502. The van der Waals surface area contributed by atoms with E-state index in [0.29, 0.717) is 41.2 Å². The van der Waals surface area contributed by atoms with Crippen LogP contribution in [-0.2, 0) is 4.74 Å². The lowest BCUT2D eigenvalue weighted by atomic mass is 10.0. The van der Waals surface area contributed by atoms with Crippen molar-refractivity contribution in [3.05, 3.63) is 58.4 Å². The summed E-state index contributed by atoms with van der Waals surface area (Å²) in [7, 11) is 0. The van der Waals surface area contributed by atoms with Gasteiger partial charge >= 0.3 is 6.09 Å². The van der Waals surface area contributed by atoms with Crippen molar-refractivity contribution >= 4 is 23.6 Å². The number of amides is 2. The topological polar surface area (TPSA) is 82.4 Å². The molecule has 0 radical (unpaired) electrons. The Bertz CT molecular complexity index is 1060. The molecule has 0 spiro atoms. The third-order valence-corrected chi connectivity index (χ3v) is 5.14. The van der Waals surface area contributed by atoms with Crippen LogP contribution in [0.4, 0.5) is 9.18 Å². The molecule has 1 heterocycles. The Morgan fingerprint density at radius 2 is 2.00 bits per heavy atom. The van der Waals surface area contributed by atoms with Crippen LogP contribution in [0.1, 0.15) is 43.1 Å². The Hall–Kier alpha value is -3.11. The fourth-order valence-electron chi connectivity index (χ4n) is 3.37. The predicted octanol–water partition coefficient (Wildman–Crippen LogP) is 4.76. The Labute approximate surface area is 185 Å². The molecule has 2 aromatic carbocycles. The number of nitriles is 1. The van der Waals surface area contributed by atoms with Gasteiger partial charge in [-0.15, -0.1) is 0 Å². The zero-order valence-corrected chi connectivity index (χ0v) is 18.3. The number of hydrogen-bond donors (Lipinski definition) is 1. The number of halogens is 2. The number of alkyl carbamates (subject to hydrolysis) is 1. The molecule has 0 saturated carbocycles. The van der Waals surface area contributed by atoms with Crippen LogP contribution in [0.5, 0.6) is 0 Å². The predicted molar refractivity (Wildman–Crippen MR) is 115 cm³/mol. The van der Waals surface area contributed by atoms with Gasteiger partial charge in [0.15, 0.2) is 0 Å². The minimum atomic E-state index is -0.650. The van der Waals surface area contributed by atoms with E-state index in [1.165, 1.54) is 12.1 Å². The van der Waals surface area contributed by atoms with Crippen LogP contribution in [0.3, 0.4) is 0 Å².